The molecule has 0 spiro atoms. The molecule has 0 saturated heterocycles. The van der Waals surface area contributed by atoms with Crippen molar-refractivity contribution in [1.82, 2.24) is 16.0 Å². The van der Waals surface area contributed by atoms with Crippen molar-refractivity contribution in [3.63, 3.8) is 0 Å². The maximum atomic E-state index is 11.8. The molecule has 0 bridgehead atoms. The van der Waals surface area contributed by atoms with Crippen LogP contribution in [0.5, 0.6) is 0 Å². The van der Waals surface area contributed by atoms with E-state index in [2.05, 4.69) is 10.6 Å². The lowest BCUT2D eigenvalue weighted by molar-refractivity contribution is -0.137. The van der Waals surface area contributed by atoms with Gasteiger partial charge in [0, 0.05) is 19.0 Å². The van der Waals surface area contributed by atoms with E-state index in [1.807, 2.05) is 13.8 Å². The summed E-state index contributed by atoms with van der Waals surface area (Å²) in [4.78, 5) is 22.3. The van der Waals surface area contributed by atoms with Crippen LogP contribution < -0.4 is 16.0 Å². The number of carbonyl (C=O) groups is 2. The van der Waals surface area contributed by atoms with Gasteiger partial charge in [-0.3, -0.25) is 9.59 Å². The van der Waals surface area contributed by atoms with E-state index in [0.29, 0.717) is 0 Å². The molecule has 0 radical (unpaired) electrons. The Morgan fingerprint density at radius 1 is 1.21 bits per heavy atom. The van der Waals surface area contributed by atoms with Gasteiger partial charge in [-0.2, -0.15) is 13.2 Å². The number of nitrogens with one attached hydrogen (secondary N) is 3. The first-order valence-electron chi connectivity index (χ1n) is 6.08. The molecule has 0 aromatic rings. The third-order valence-electron chi connectivity index (χ3n) is 2.32. The van der Waals surface area contributed by atoms with Crippen LogP contribution in [0.15, 0.2) is 0 Å². The molecule has 8 heteroatoms. The normalized spacial score (nSPS) is 12.9. The van der Waals surface area contributed by atoms with Gasteiger partial charge in [0.1, 0.15) is 6.54 Å². The average Bonchev–Trinajstić information content (AvgIpc) is 2.31. The van der Waals surface area contributed by atoms with Crippen molar-refractivity contribution >= 4 is 11.8 Å². The molecular formula is C11H20F3N3O2. The molecule has 0 aliphatic carbocycles. The predicted molar refractivity (Wildman–Crippen MR) is 64.4 cm³/mol. The van der Waals surface area contributed by atoms with Crippen molar-refractivity contribution in [1.29, 1.82) is 0 Å². The van der Waals surface area contributed by atoms with Gasteiger partial charge in [-0.1, -0.05) is 6.92 Å². The summed E-state index contributed by atoms with van der Waals surface area (Å²) < 4.78 is 35.3. The maximum Gasteiger partial charge on any atom is 0.405 e. The minimum Gasteiger partial charge on any atom is -0.354 e. The number of rotatable bonds is 8. The van der Waals surface area contributed by atoms with Gasteiger partial charge >= 0.3 is 6.18 Å². The Morgan fingerprint density at radius 3 is 2.37 bits per heavy atom. The number of alkyl halides is 3. The fourth-order valence-electron chi connectivity index (χ4n) is 1.11. The zero-order valence-electron chi connectivity index (χ0n) is 11.1. The van der Waals surface area contributed by atoms with Gasteiger partial charge in [-0.15, -0.1) is 0 Å². The predicted octanol–water partition coefficient (Wildman–Crippen LogP) is 0.559. The van der Waals surface area contributed by atoms with Gasteiger partial charge in [0.2, 0.25) is 11.8 Å². The Bertz CT molecular complexity index is 295. The zero-order chi connectivity index (χ0) is 14.9. The summed E-state index contributed by atoms with van der Waals surface area (Å²) in [6, 6.07) is 0.0857. The van der Waals surface area contributed by atoms with Crippen LogP contribution in [0.2, 0.25) is 0 Å². The molecule has 0 fully saturated rings. The van der Waals surface area contributed by atoms with Crippen LogP contribution in [0.1, 0.15) is 26.7 Å². The molecule has 2 amide bonds. The lowest BCUT2D eigenvalue weighted by Gasteiger charge is -2.11. The average molecular weight is 283 g/mol. The van der Waals surface area contributed by atoms with Gasteiger partial charge < -0.3 is 16.0 Å². The molecule has 0 aliphatic heterocycles. The number of carbonyl (C=O) groups excluding carboxylic acids is 2. The highest BCUT2D eigenvalue weighted by atomic mass is 19.4. The molecule has 1 atom stereocenters. The van der Waals surface area contributed by atoms with Crippen LogP contribution >= 0.6 is 0 Å². The van der Waals surface area contributed by atoms with Gasteiger partial charge in [0.15, 0.2) is 0 Å². The minimum atomic E-state index is -4.41. The van der Waals surface area contributed by atoms with Gasteiger partial charge in [-0.05, 0) is 13.3 Å². The molecule has 3 N–H and O–H groups in total. The SMILES string of the molecule is CCC(C)NC(=O)CCNCC(=O)NCC(F)(F)F. The summed E-state index contributed by atoms with van der Waals surface area (Å²) in [6.07, 6.45) is -3.41. The van der Waals surface area contributed by atoms with E-state index >= 15 is 0 Å². The first-order valence-corrected chi connectivity index (χ1v) is 6.08. The lowest BCUT2D eigenvalue weighted by Crippen LogP contribution is -2.40. The van der Waals surface area contributed by atoms with Crippen LogP contribution in [0, 0.1) is 0 Å². The fraction of sp³-hybridized carbons (Fsp3) is 0.818. The quantitative estimate of drug-likeness (QED) is 0.570. The van der Waals surface area contributed by atoms with Crippen LogP contribution in [-0.2, 0) is 9.59 Å². The van der Waals surface area contributed by atoms with Crippen LogP contribution in [-0.4, -0.2) is 43.7 Å². The van der Waals surface area contributed by atoms with Crippen molar-refractivity contribution < 1.29 is 22.8 Å². The largest absolute Gasteiger partial charge is 0.405 e. The second kappa shape index (κ2) is 8.73. The van der Waals surface area contributed by atoms with Gasteiger partial charge in [0.05, 0.1) is 6.54 Å². The van der Waals surface area contributed by atoms with E-state index < -0.39 is 18.6 Å². The summed E-state index contributed by atoms with van der Waals surface area (Å²) in [5, 5.41) is 7.06. The second-order valence-corrected chi connectivity index (χ2v) is 4.20. The Morgan fingerprint density at radius 2 is 1.84 bits per heavy atom. The lowest BCUT2D eigenvalue weighted by atomic mass is 10.2. The fourth-order valence-corrected chi connectivity index (χ4v) is 1.11. The molecule has 0 saturated carbocycles. The first-order chi connectivity index (χ1) is 8.74. The summed E-state index contributed by atoms with van der Waals surface area (Å²) in [5.41, 5.74) is 0. The monoisotopic (exact) mass is 283 g/mol. The molecule has 0 rings (SSSR count). The zero-order valence-corrected chi connectivity index (χ0v) is 11.1. The van der Waals surface area contributed by atoms with E-state index in [9.17, 15) is 22.8 Å². The summed E-state index contributed by atoms with van der Waals surface area (Å²) in [7, 11) is 0. The van der Waals surface area contributed by atoms with Crippen molar-refractivity contribution in [2.75, 3.05) is 19.6 Å². The summed E-state index contributed by atoms with van der Waals surface area (Å²) in [5.74, 6) is -0.905. The molecule has 0 aliphatic rings. The van der Waals surface area contributed by atoms with Crippen LogP contribution in [0.4, 0.5) is 13.2 Å². The second-order valence-electron chi connectivity index (χ2n) is 4.20. The van der Waals surface area contributed by atoms with E-state index in [1.165, 1.54) is 0 Å². The molecular weight excluding hydrogens is 263 g/mol. The minimum absolute atomic E-state index is 0.0857. The molecule has 0 aromatic heterocycles. The molecule has 0 heterocycles. The van der Waals surface area contributed by atoms with E-state index in [-0.39, 0.29) is 31.5 Å². The highest BCUT2D eigenvalue weighted by Gasteiger charge is 2.27. The number of hydrogen-bond acceptors (Lipinski definition) is 3. The molecule has 1 unspecified atom stereocenters. The third-order valence-corrected chi connectivity index (χ3v) is 2.32. The topological polar surface area (TPSA) is 70.2 Å². The highest BCUT2D eigenvalue weighted by Crippen LogP contribution is 2.11. The highest BCUT2D eigenvalue weighted by molar-refractivity contribution is 5.78. The molecule has 0 aromatic carbocycles. The summed E-state index contributed by atoms with van der Waals surface area (Å²) >= 11 is 0. The van der Waals surface area contributed by atoms with Crippen LogP contribution in [0.25, 0.3) is 0 Å². The molecule has 112 valence electrons. The molecule has 19 heavy (non-hydrogen) atoms. The number of amides is 2. The maximum absolute atomic E-state index is 11.8. The molecule has 5 nitrogen and oxygen atoms in total. The van der Waals surface area contributed by atoms with Crippen molar-refractivity contribution in [3.05, 3.63) is 0 Å². The Kier molecular flexibility index (Phi) is 8.13. The Hall–Kier alpha value is -1.31. The van der Waals surface area contributed by atoms with Crippen LogP contribution in [0.3, 0.4) is 0 Å². The van der Waals surface area contributed by atoms with Crippen molar-refractivity contribution in [2.45, 2.75) is 38.9 Å². The Balaban J connectivity index is 3.58. The van der Waals surface area contributed by atoms with Crippen molar-refractivity contribution in [3.8, 4) is 0 Å². The van der Waals surface area contributed by atoms with E-state index in [4.69, 9.17) is 0 Å². The summed E-state index contributed by atoms with van der Waals surface area (Å²) in [6.45, 7) is 2.46. The Labute approximate surface area is 110 Å². The van der Waals surface area contributed by atoms with Gasteiger partial charge in [0.25, 0.3) is 0 Å². The number of hydrogen-bond donors (Lipinski definition) is 3. The van der Waals surface area contributed by atoms with E-state index in [0.717, 1.165) is 6.42 Å². The smallest absolute Gasteiger partial charge is 0.354 e. The number of halogens is 3. The standard InChI is InChI=1S/C11H20F3N3O2/c1-3-8(2)17-9(18)4-5-15-6-10(19)16-7-11(12,13)14/h8,15H,3-7H2,1-2H3,(H,16,19)(H,17,18). The third kappa shape index (κ3) is 11.5. The van der Waals surface area contributed by atoms with E-state index in [1.54, 1.807) is 5.32 Å². The van der Waals surface area contributed by atoms with Gasteiger partial charge in [-0.25, -0.2) is 0 Å². The first kappa shape index (κ1) is 17.7. The van der Waals surface area contributed by atoms with Crippen molar-refractivity contribution in [2.24, 2.45) is 0 Å².